The second kappa shape index (κ2) is 9.89. The molecule has 1 aliphatic heterocycles. The predicted molar refractivity (Wildman–Crippen MR) is 112 cm³/mol. The van der Waals surface area contributed by atoms with Gasteiger partial charge >= 0.3 is 0 Å². The highest BCUT2D eigenvalue weighted by Gasteiger charge is 2.18. The van der Waals surface area contributed by atoms with Gasteiger partial charge in [-0.1, -0.05) is 42.8 Å². The number of piperidine rings is 1. The summed E-state index contributed by atoms with van der Waals surface area (Å²) in [5, 5.41) is 3.27. The zero-order valence-corrected chi connectivity index (χ0v) is 17.3. The van der Waals surface area contributed by atoms with Gasteiger partial charge in [0.25, 0.3) is 5.91 Å². The molecule has 1 fully saturated rings. The van der Waals surface area contributed by atoms with Crippen LogP contribution < -0.4 is 10.1 Å². The first kappa shape index (κ1) is 20.6. The number of amides is 1. The minimum absolute atomic E-state index is 0.190. The Labute approximate surface area is 172 Å². The van der Waals surface area contributed by atoms with Crippen LogP contribution in [0.5, 0.6) is 5.88 Å². The summed E-state index contributed by atoms with van der Waals surface area (Å²) in [6, 6.07) is 11.6. The maximum atomic E-state index is 12.6. The van der Waals surface area contributed by atoms with Gasteiger partial charge in [0.05, 0.1) is 11.6 Å². The zero-order chi connectivity index (χ0) is 19.9. The average molecular weight is 402 g/mol. The van der Waals surface area contributed by atoms with E-state index in [9.17, 15) is 4.79 Å². The van der Waals surface area contributed by atoms with Crippen molar-refractivity contribution in [2.24, 2.45) is 5.92 Å². The minimum Gasteiger partial charge on any atom is -0.478 e. The fourth-order valence-electron chi connectivity index (χ4n) is 3.42. The number of halogens is 1. The molecule has 0 atom stereocenters. The molecule has 0 unspecified atom stereocenters. The van der Waals surface area contributed by atoms with Gasteiger partial charge in [-0.15, -0.1) is 0 Å². The van der Waals surface area contributed by atoms with Crippen molar-refractivity contribution < 1.29 is 9.53 Å². The monoisotopic (exact) mass is 401 g/mol. The molecule has 1 saturated heterocycles. The smallest absolute Gasteiger partial charge is 0.271 e. The van der Waals surface area contributed by atoms with Crippen molar-refractivity contribution in [3.05, 3.63) is 58.2 Å². The molecule has 6 heteroatoms. The van der Waals surface area contributed by atoms with E-state index < -0.39 is 0 Å². The minimum atomic E-state index is -0.298. The molecule has 0 radical (unpaired) electrons. The Balaban J connectivity index is 1.64. The van der Waals surface area contributed by atoms with Crippen molar-refractivity contribution in [3.63, 3.8) is 0 Å². The molecule has 2 aromatic rings. The van der Waals surface area contributed by atoms with E-state index in [-0.39, 0.29) is 11.6 Å². The van der Waals surface area contributed by atoms with Gasteiger partial charge in [-0.25, -0.2) is 4.98 Å². The molecule has 5 nitrogen and oxygen atoms in total. The van der Waals surface area contributed by atoms with Gasteiger partial charge in [-0.3, -0.25) is 9.69 Å². The molecule has 28 heavy (non-hydrogen) atoms. The van der Waals surface area contributed by atoms with E-state index in [4.69, 9.17) is 16.3 Å². The SMILES string of the molecule is CCOc1ccc(Cl)c(C(=O)NCc2ccccc2CN2CCC(C)CC2)n1. The summed E-state index contributed by atoms with van der Waals surface area (Å²) in [5.41, 5.74) is 2.56. The third-order valence-electron chi connectivity index (χ3n) is 5.16. The first-order chi connectivity index (χ1) is 13.6. The molecule has 2 heterocycles. The number of benzene rings is 1. The van der Waals surface area contributed by atoms with E-state index in [1.807, 2.05) is 13.0 Å². The lowest BCUT2D eigenvalue weighted by Crippen LogP contribution is -2.33. The molecule has 0 spiro atoms. The van der Waals surface area contributed by atoms with E-state index in [0.717, 1.165) is 31.1 Å². The van der Waals surface area contributed by atoms with Crippen LogP contribution in [0.1, 0.15) is 48.3 Å². The number of carbonyl (C=O) groups is 1. The topological polar surface area (TPSA) is 54.5 Å². The normalized spacial score (nSPS) is 15.4. The summed E-state index contributed by atoms with van der Waals surface area (Å²) in [7, 11) is 0. The van der Waals surface area contributed by atoms with Crippen LogP contribution in [0.2, 0.25) is 5.02 Å². The number of carbonyl (C=O) groups excluding carboxylic acids is 1. The van der Waals surface area contributed by atoms with Crippen LogP contribution in [-0.4, -0.2) is 35.5 Å². The molecule has 0 aliphatic carbocycles. The highest BCUT2D eigenvalue weighted by molar-refractivity contribution is 6.33. The van der Waals surface area contributed by atoms with Crippen LogP contribution in [-0.2, 0) is 13.1 Å². The van der Waals surface area contributed by atoms with Gasteiger partial charge in [0.1, 0.15) is 0 Å². The Morgan fingerprint density at radius 1 is 1.21 bits per heavy atom. The van der Waals surface area contributed by atoms with Crippen molar-refractivity contribution >= 4 is 17.5 Å². The molecule has 1 aliphatic rings. The molecule has 3 rings (SSSR count). The number of hydrogen-bond acceptors (Lipinski definition) is 4. The van der Waals surface area contributed by atoms with Crippen molar-refractivity contribution in [1.82, 2.24) is 15.2 Å². The summed E-state index contributed by atoms with van der Waals surface area (Å²) in [4.78, 5) is 19.3. The van der Waals surface area contributed by atoms with Gasteiger partial charge in [0.15, 0.2) is 5.69 Å². The number of nitrogens with zero attached hydrogens (tertiary/aromatic N) is 2. The molecule has 1 aromatic heterocycles. The third kappa shape index (κ3) is 5.46. The van der Waals surface area contributed by atoms with Crippen LogP contribution in [0.15, 0.2) is 36.4 Å². The summed E-state index contributed by atoms with van der Waals surface area (Å²) in [6.07, 6.45) is 2.50. The van der Waals surface area contributed by atoms with Crippen molar-refractivity contribution in [1.29, 1.82) is 0 Å². The van der Waals surface area contributed by atoms with Crippen molar-refractivity contribution in [2.45, 2.75) is 39.8 Å². The van der Waals surface area contributed by atoms with Gasteiger partial charge < -0.3 is 10.1 Å². The number of nitrogens with one attached hydrogen (secondary N) is 1. The number of rotatable bonds is 7. The Hall–Kier alpha value is -2.11. The molecular formula is C22H28ClN3O2. The maximum absolute atomic E-state index is 12.6. The summed E-state index contributed by atoms with van der Waals surface area (Å²) >= 11 is 6.16. The fourth-order valence-corrected chi connectivity index (χ4v) is 3.61. The Morgan fingerprint density at radius 2 is 1.93 bits per heavy atom. The fraction of sp³-hybridized carbons (Fsp3) is 0.455. The molecule has 150 valence electrons. The lowest BCUT2D eigenvalue weighted by molar-refractivity contribution is 0.0944. The largest absolute Gasteiger partial charge is 0.478 e. The van der Waals surface area contributed by atoms with Crippen molar-refractivity contribution in [3.8, 4) is 5.88 Å². The molecule has 1 N–H and O–H groups in total. The van der Waals surface area contributed by atoms with Gasteiger partial charge in [-0.2, -0.15) is 0 Å². The highest BCUT2D eigenvalue weighted by atomic mass is 35.5. The number of aromatic nitrogens is 1. The Kier molecular flexibility index (Phi) is 7.29. The molecule has 0 bridgehead atoms. The Bertz CT molecular complexity index is 804. The third-order valence-corrected chi connectivity index (χ3v) is 5.46. The van der Waals surface area contributed by atoms with E-state index in [0.29, 0.717) is 24.1 Å². The lowest BCUT2D eigenvalue weighted by Gasteiger charge is -2.30. The van der Waals surface area contributed by atoms with Crippen molar-refractivity contribution in [2.75, 3.05) is 19.7 Å². The van der Waals surface area contributed by atoms with Crippen LogP contribution in [0, 0.1) is 5.92 Å². The summed E-state index contributed by atoms with van der Waals surface area (Å²) < 4.78 is 5.37. The van der Waals surface area contributed by atoms with Gasteiger partial charge in [0.2, 0.25) is 5.88 Å². The van der Waals surface area contributed by atoms with E-state index in [2.05, 4.69) is 40.3 Å². The first-order valence-corrected chi connectivity index (χ1v) is 10.3. The standard InChI is InChI=1S/C22H28ClN3O2/c1-3-28-20-9-8-19(23)21(25-20)22(27)24-14-17-6-4-5-7-18(17)15-26-12-10-16(2)11-13-26/h4-9,16H,3,10-15H2,1-2H3,(H,24,27). The quantitative estimate of drug-likeness (QED) is 0.751. The Morgan fingerprint density at radius 3 is 2.64 bits per heavy atom. The number of likely N-dealkylation sites (tertiary alicyclic amines) is 1. The maximum Gasteiger partial charge on any atom is 0.271 e. The average Bonchev–Trinajstić information content (AvgIpc) is 2.70. The number of ether oxygens (including phenoxy) is 1. The highest BCUT2D eigenvalue weighted by Crippen LogP contribution is 2.21. The molecular weight excluding hydrogens is 374 g/mol. The zero-order valence-electron chi connectivity index (χ0n) is 16.6. The van der Waals surface area contributed by atoms with Crippen LogP contribution in [0.3, 0.4) is 0 Å². The molecule has 1 aromatic carbocycles. The second-order valence-electron chi connectivity index (χ2n) is 7.32. The van der Waals surface area contributed by atoms with Gasteiger partial charge in [-0.05, 0) is 56.0 Å². The molecule has 0 saturated carbocycles. The van der Waals surface area contributed by atoms with E-state index in [1.54, 1.807) is 12.1 Å². The van der Waals surface area contributed by atoms with E-state index >= 15 is 0 Å². The van der Waals surface area contributed by atoms with E-state index in [1.165, 1.54) is 18.4 Å². The number of hydrogen-bond donors (Lipinski definition) is 1. The number of pyridine rings is 1. The lowest BCUT2D eigenvalue weighted by atomic mass is 9.98. The molecule has 1 amide bonds. The predicted octanol–water partition coefficient (Wildman–Crippen LogP) is 4.30. The van der Waals surface area contributed by atoms with Crippen LogP contribution >= 0.6 is 11.6 Å². The second-order valence-corrected chi connectivity index (χ2v) is 7.73. The van der Waals surface area contributed by atoms with Gasteiger partial charge in [0, 0.05) is 19.2 Å². The van der Waals surface area contributed by atoms with Crippen LogP contribution in [0.4, 0.5) is 0 Å². The summed E-state index contributed by atoms with van der Waals surface area (Å²) in [5.74, 6) is 0.917. The van der Waals surface area contributed by atoms with Crippen LogP contribution in [0.25, 0.3) is 0 Å². The first-order valence-electron chi connectivity index (χ1n) is 9.93. The summed E-state index contributed by atoms with van der Waals surface area (Å²) in [6.45, 7) is 8.29.